The number of anilines is 1. The van der Waals surface area contributed by atoms with E-state index in [0.29, 0.717) is 30.2 Å². The van der Waals surface area contributed by atoms with Gasteiger partial charge in [0, 0.05) is 11.3 Å². The maximum absolute atomic E-state index is 12.6. The molecule has 0 atom stereocenters. The third-order valence-corrected chi connectivity index (χ3v) is 7.04. The Balaban J connectivity index is 1.30. The molecule has 4 rings (SSSR count). The summed E-state index contributed by atoms with van der Waals surface area (Å²) in [5, 5.41) is 5.75. The molecule has 0 radical (unpaired) electrons. The Hall–Kier alpha value is -3.30. The van der Waals surface area contributed by atoms with Crippen molar-refractivity contribution in [1.29, 1.82) is 0 Å². The van der Waals surface area contributed by atoms with Gasteiger partial charge in [-0.3, -0.25) is 9.59 Å². The van der Waals surface area contributed by atoms with E-state index in [1.54, 1.807) is 24.5 Å². The fourth-order valence-corrected chi connectivity index (χ4v) is 5.00. The zero-order valence-electron chi connectivity index (χ0n) is 18.7. The monoisotopic (exact) mass is 495 g/mol. The van der Waals surface area contributed by atoms with Crippen LogP contribution in [0.3, 0.4) is 0 Å². The standard InChI is InChI=1S/C25H25N3O4S2/c1-2-3-12-31-19-9-6-17(7-10-19)24(30)27-18-8-11-21-22(14-18)34-25(28-21)33-16-23(29)26-15-20-5-4-13-32-20/h4-11,13-14H,2-3,12,15-16H2,1H3,(H,26,29)(H,27,30). The van der Waals surface area contributed by atoms with E-state index in [-0.39, 0.29) is 17.6 Å². The second kappa shape index (κ2) is 11.7. The number of furan rings is 1. The molecule has 0 fully saturated rings. The number of nitrogens with zero attached hydrogens (tertiary/aromatic N) is 1. The number of benzene rings is 2. The van der Waals surface area contributed by atoms with Crippen LogP contribution in [0.15, 0.2) is 69.6 Å². The number of carbonyl (C=O) groups excluding carboxylic acids is 2. The Morgan fingerprint density at radius 2 is 2.00 bits per heavy atom. The summed E-state index contributed by atoms with van der Waals surface area (Å²) in [6, 6.07) is 16.3. The van der Waals surface area contributed by atoms with Crippen LogP contribution >= 0.6 is 23.1 Å². The molecule has 2 heterocycles. The number of hydrogen-bond acceptors (Lipinski definition) is 7. The lowest BCUT2D eigenvalue weighted by Crippen LogP contribution is -2.24. The number of hydrogen-bond donors (Lipinski definition) is 2. The van der Waals surface area contributed by atoms with Crippen LogP contribution in [-0.2, 0) is 11.3 Å². The number of amides is 2. The summed E-state index contributed by atoms with van der Waals surface area (Å²) in [6.45, 7) is 3.15. The number of unbranched alkanes of at least 4 members (excludes halogenated alkanes) is 1. The summed E-state index contributed by atoms with van der Waals surface area (Å²) in [6.07, 6.45) is 3.66. The molecule has 0 aliphatic carbocycles. The van der Waals surface area contributed by atoms with Gasteiger partial charge in [0.2, 0.25) is 5.91 Å². The number of thiazole rings is 1. The molecule has 2 amide bonds. The molecule has 0 aliphatic rings. The van der Waals surface area contributed by atoms with Crippen molar-refractivity contribution < 1.29 is 18.7 Å². The fourth-order valence-electron chi connectivity index (χ4n) is 3.06. The van der Waals surface area contributed by atoms with Crippen molar-refractivity contribution in [1.82, 2.24) is 10.3 Å². The number of ether oxygens (including phenoxy) is 1. The molecule has 0 unspecified atom stereocenters. The lowest BCUT2D eigenvalue weighted by Gasteiger charge is -2.07. The zero-order valence-corrected chi connectivity index (χ0v) is 20.3. The SMILES string of the molecule is CCCCOc1ccc(C(=O)Nc2ccc3nc(SCC(=O)NCc4ccco4)sc3c2)cc1. The van der Waals surface area contributed by atoms with Gasteiger partial charge in [0.1, 0.15) is 11.5 Å². The van der Waals surface area contributed by atoms with Gasteiger partial charge in [0.15, 0.2) is 4.34 Å². The molecule has 0 spiro atoms. The van der Waals surface area contributed by atoms with Crippen molar-refractivity contribution in [2.24, 2.45) is 0 Å². The average Bonchev–Trinajstić information content (AvgIpc) is 3.51. The molecule has 2 N–H and O–H groups in total. The Morgan fingerprint density at radius 3 is 2.76 bits per heavy atom. The zero-order chi connectivity index (χ0) is 23.8. The van der Waals surface area contributed by atoms with Crippen molar-refractivity contribution in [3.63, 3.8) is 0 Å². The molecule has 2 aromatic carbocycles. The molecular weight excluding hydrogens is 470 g/mol. The van der Waals surface area contributed by atoms with Gasteiger partial charge in [-0.2, -0.15) is 0 Å². The van der Waals surface area contributed by atoms with Crippen LogP contribution in [0.5, 0.6) is 5.75 Å². The lowest BCUT2D eigenvalue weighted by atomic mass is 10.2. The van der Waals surface area contributed by atoms with Crippen molar-refractivity contribution in [3.8, 4) is 5.75 Å². The first-order chi connectivity index (χ1) is 16.6. The number of nitrogens with one attached hydrogen (secondary N) is 2. The second-order valence-corrected chi connectivity index (χ2v) is 9.74. The molecule has 0 bridgehead atoms. The maximum Gasteiger partial charge on any atom is 0.255 e. The largest absolute Gasteiger partial charge is 0.494 e. The van der Waals surface area contributed by atoms with Gasteiger partial charge in [0.25, 0.3) is 5.91 Å². The Bertz CT molecular complexity index is 1240. The van der Waals surface area contributed by atoms with Crippen molar-refractivity contribution >= 4 is 50.8 Å². The molecule has 2 aromatic heterocycles. The van der Waals surface area contributed by atoms with Crippen molar-refractivity contribution in [2.75, 3.05) is 17.7 Å². The number of aromatic nitrogens is 1. The number of fused-ring (bicyclic) bond motifs is 1. The second-order valence-electron chi connectivity index (χ2n) is 7.49. The first-order valence-electron chi connectivity index (χ1n) is 11.0. The van der Waals surface area contributed by atoms with E-state index in [2.05, 4.69) is 22.5 Å². The molecule has 0 aliphatic heterocycles. The van der Waals surface area contributed by atoms with Crippen LogP contribution in [0.2, 0.25) is 0 Å². The first-order valence-corrected chi connectivity index (χ1v) is 12.8. The van der Waals surface area contributed by atoms with Gasteiger partial charge < -0.3 is 19.8 Å². The third kappa shape index (κ3) is 6.61. The van der Waals surface area contributed by atoms with E-state index in [4.69, 9.17) is 9.15 Å². The highest BCUT2D eigenvalue weighted by Gasteiger charge is 2.11. The molecule has 7 nitrogen and oxygen atoms in total. The maximum atomic E-state index is 12.6. The van der Waals surface area contributed by atoms with E-state index >= 15 is 0 Å². The van der Waals surface area contributed by atoms with Crippen molar-refractivity contribution in [3.05, 3.63) is 72.2 Å². The molecular formula is C25H25N3O4S2. The van der Waals surface area contributed by atoms with Crippen LogP contribution < -0.4 is 15.4 Å². The Kier molecular flexibility index (Phi) is 8.21. The summed E-state index contributed by atoms with van der Waals surface area (Å²) in [5.41, 5.74) is 2.08. The van der Waals surface area contributed by atoms with Gasteiger partial charge >= 0.3 is 0 Å². The summed E-state index contributed by atoms with van der Waals surface area (Å²) >= 11 is 2.87. The van der Waals surface area contributed by atoms with Crippen LogP contribution in [-0.4, -0.2) is 29.2 Å². The molecule has 0 saturated carbocycles. The quantitative estimate of drug-likeness (QED) is 0.204. The number of thioether (sulfide) groups is 1. The summed E-state index contributed by atoms with van der Waals surface area (Å²) in [5.74, 6) is 1.46. The van der Waals surface area contributed by atoms with Gasteiger partial charge in [-0.05, 0) is 61.0 Å². The molecule has 34 heavy (non-hydrogen) atoms. The highest BCUT2D eigenvalue weighted by Crippen LogP contribution is 2.31. The minimum atomic E-state index is -0.188. The number of carbonyl (C=O) groups is 2. The summed E-state index contributed by atoms with van der Waals surface area (Å²) < 4.78 is 12.6. The van der Waals surface area contributed by atoms with Crippen molar-refractivity contribution in [2.45, 2.75) is 30.6 Å². The first kappa shape index (κ1) is 23.8. The predicted molar refractivity (Wildman–Crippen MR) is 136 cm³/mol. The minimum absolute atomic E-state index is 0.0876. The van der Waals surface area contributed by atoms with Crippen LogP contribution in [0, 0.1) is 0 Å². The molecule has 176 valence electrons. The predicted octanol–water partition coefficient (Wildman–Crippen LogP) is 5.73. The Labute approximate surface area is 205 Å². The van der Waals surface area contributed by atoms with Gasteiger partial charge in [0.05, 0.1) is 35.4 Å². The average molecular weight is 496 g/mol. The smallest absolute Gasteiger partial charge is 0.255 e. The van der Waals surface area contributed by atoms with E-state index < -0.39 is 0 Å². The van der Waals surface area contributed by atoms with E-state index in [1.807, 2.05) is 36.4 Å². The van der Waals surface area contributed by atoms with Crippen LogP contribution in [0.25, 0.3) is 10.2 Å². The van der Waals surface area contributed by atoms with Crippen LogP contribution in [0.1, 0.15) is 35.9 Å². The molecule has 9 heteroatoms. The van der Waals surface area contributed by atoms with Gasteiger partial charge in [-0.1, -0.05) is 25.1 Å². The third-order valence-electron chi connectivity index (χ3n) is 4.88. The highest BCUT2D eigenvalue weighted by molar-refractivity contribution is 8.01. The normalized spacial score (nSPS) is 10.9. The fraction of sp³-hybridized carbons (Fsp3) is 0.240. The summed E-state index contributed by atoms with van der Waals surface area (Å²) in [7, 11) is 0. The highest BCUT2D eigenvalue weighted by atomic mass is 32.2. The minimum Gasteiger partial charge on any atom is -0.494 e. The van der Waals surface area contributed by atoms with Crippen LogP contribution in [0.4, 0.5) is 5.69 Å². The summed E-state index contributed by atoms with van der Waals surface area (Å²) in [4.78, 5) is 29.3. The number of rotatable bonds is 11. The lowest BCUT2D eigenvalue weighted by molar-refractivity contribution is -0.118. The van der Waals surface area contributed by atoms with Gasteiger partial charge in [-0.25, -0.2) is 4.98 Å². The molecule has 4 aromatic rings. The topological polar surface area (TPSA) is 93.5 Å². The Morgan fingerprint density at radius 1 is 1.15 bits per heavy atom. The van der Waals surface area contributed by atoms with E-state index in [0.717, 1.165) is 33.1 Å². The molecule has 0 saturated heterocycles. The van der Waals surface area contributed by atoms with E-state index in [9.17, 15) is 9.59 Å². The van der Waals surface area contributed by atoms with E-state index in [1.165, 1.54) is 23.1 Å². The van der Waals surface area contributed by atoms with Gasteiger partial charge in [-0.15, -0.1) is 11.3 Å².